The Morgan fingerprint density at radius 3 is 2.67 bits per heavy atom. The third kappa shape index (κ3) is 5.26. The summed E-state index contributed by atoms with van der Waals surface area (Å²) >= 11 is 0. The van der Waals surface area contributed by atoms with Crippen molar-refractivity contribution in [1.29, 1.82) is 0 Å². The van der Waals surface area contributed by atoms with Crippen molar-refractivity contribution in [2.24, 2.45) is 0 Å². The normalized spacial score (nSPS) is 12.8. The van der Waals surface area contributed by atoms with Crippen LogP contribution in [-0.4, -0.2) is 31.1 Å². The van der Waals surface area contributed by atoms with E-state index in [0.717, 1.165) is 0 Å². The molecule has 0 aliphatic carbocycles. The first-order valence-electron chi connectivity index (χ1n) is 2.51. The molecule has 0 rings (SSSR count). The van der Waals surface area contributed by atoms with Gasteiger partial charge in [0.1, 0.15) is 6.61 Å². The zero-order chi connectivity index (χ0) is 7.28. The molecular weight excluding hydrogens is 124 g/mol. The molecule has 0 bridgehead atoms. The summed E-state index contributed by atoms with van der Waals surface area (Å²) in [6.45, 7) is 1.16. The van der Waals surface area contributed by atoms with Gasteiger partial charge in [-0.3, -0.25) is 4.79 Å². The average molecular weight is 134 g/mol. The fourth-order valence-electron chi connectivity index (χ4n) is 0.257. The van der Waals surface area contributed by atoms with Gasteiger partial charge in [0.15, 0.2) is 6.29 Å². The second kappa shape index (κ2) is 4.29. The van der Waals surface area contributed by atoms with Gasteiger partial charge in [-0.05, 0) is 0 Å². The van der Waals surface area contributed by atoms with E-state index in [1.165, 1.54) is 14.0 Å². The number of esters is 1. The van der Waals surface area contributed by atoms with Crippen LogP contribution in [0.5, 0.6) is 0 Å². The number of rotatable bonds is 3. The topological polar surface area (TPSA) is 55.8 Å². The van der Waals surface area contributed by atoms with Crippen molar-refractivity contribution in [3.05, 3.63) is 0 Å². The molecule has 0 saturated carbocycles. The lowest BCUT2D eigenvalue weighted by molar-refractivity contribution is -0.158. The monoisotopic (exact) mass is 134 g/mol. The van der Waals surface area contributed by atoms with Crippen LogP contribution in [0.4, 0.5) is 0 Å². The van der Waals surface area contributed by atoms with Crippen molar-refractivity contribution < 1.29 is 19.4 Å². The molecule has 1 N–H and O–H groups in total. The fraction of sp³-hybridized carbons (Fsp3) is 0.800. The summed E-state index contributed by atoms with van der Waals surface area (Å²) in [5, 5.41) is 8.61. The van der Waals surface area contributed by atoms with Crippen molar-refractivity contribution in [2.45, 2.75) is 13.2 Å². The molecule has 0 aromatic carbocycles. The quantitative estimate of drug-likeness (QED) is 0.418. The van der Waals surface area contributed by atoms with Gasteiger partial charge in [-0.2, -0.15) is 0 Å². The van der Waals surface area contributed by atoms with Crippen LogP contribution in [0, 0.1) is 0 Å². The third-order valence-corrected chi connectivity index (χ3v) is 0.701. The fourth-order valence-corrected chi connectivity index (χ4v) is 0.257. The van der Waals surface area contributed by atoms with E-state index in [4.69, 9.17) is 5.11 Å². The van der Waals surface area contributed by atoms with Crippen molar-refractivity contribution in [3.63, 3.8) is 0 Å². The summed E-state index contributed by atoms with van der Waals surface area (Å²) < 4.78 is 8.76. The maximum atomic E-state index is 10.1. The minimum atomic E-state index is -1.01. The molecule has 0 saturated heterocycles. The number of hydrogen-bond donors (Lipinski definition) is 1. The second-order valence-corrected chi connectivity index (χ2v) is 1.49. The van der Waals surface area contributed by atoms with E-state index in [9.17, 15) is 4.79 Å². The van der Waals surface area contributed by atoms with Gasteiger partial charge in [0.05, 0.1) is 0 Å². The number of ether oxygens (including phenoxy) is 2. The molecule has 0 fully saturated rings. The lowest BCUT2D eigenvalue weighted by Crippen LogP contribution is -2.18. The summed E-state index contributed by atoms with van der Waals surface area (Å²) in [6.07, 6.45) is -1.01. The van der Waals surface area contributed by atoms with Gasteiger partial charge in [0.25, 0.3) is 0 Å². The molecule has 0 radical (unpaired) electrons. The van der Waals surface area contributed by atoms with Crippen LogP contribution in [0.1, 0.15) is 6.92 Å². The Bertz CT molecular complexity index is 91.0. The first-order chi connectivity index (χ1) is 4.16. The Morgan fingerprint density at radius 1 is 1.78 bits per heavy atom. The van der Waals surface area contributed by atoms with Crippen molar-refractivity contribution in [1.82, 2.24) is 0 Å². The van der Waals surface area contributed by atoms with Gasteiger partial charge < -0.3 is 14.6 Å². The Kier molecular flexibility index (Phi) is 4.00. The SMILES string of the molecule is COC(O)COC(C)=O. The molecule has 0 aliphatic rings. The molecule has 4 heteroatoms. The zero-order valence-corrected chi connectivity index (χ0v) is 5.46. The predicted molar refractivity (Wildman–Crippen MR) is 29.6 cm³/mol. The van der Waals surface area contributed by atoms with E-state index in [-0.39, 0.29) is 6.61 Å². The Morgan fingerprint density at radius 2 is 2.33 bits per heavy atom. The van der Waals surface area contributed by atoms with E-state index in [2.05, 4.69) is 9.47 Å². The van der Waals surface area contributed by atoms with Crippen LogP contribution in [0.25, 0.3) is 0 Å². The van der Waals surface area contributed by atoms with Gasteiger partial charge in [0, 0.05) is 14.0 Å². The van der Waals surface area contributed by atoms with Crippen molar-refractivity contribution in [2.75, 3.05) is 13.7 Å². The van der Waals surface area contributed by atoms with Crippen LogP contribution in [-0.2, 0) is 14.3 Å². The Balaban J connectivity index is 3.16. The number of carbonyl (C=O) groups is 1. The number of methoxy groups -OCH3 is 1. The predicted octanol–water partition coefficient (Wildman–Crippen LogP) is -0.486. The summed E-state index contributed by atoms with van der Waals surface area (Å²) in [5.41, 5.74) is 0. The Labute approximate surface area is 53.4 Å². The van der Waals surface area contributed by atoms with Gasteiger partial charge in [-0.1, -0.05) is 0 Å². The molecule has 0 amide bonds. The molecule has 1 atom stereocenters. The molecule has 0 aromatic rings. The highest BCUT2D eigenvalue weighted by atomic mass is 16.6. The van der Waals surface area contributed by atoms with Crippen LogP contribution in [0.3, 0.4) is 0 Å². The van der Waals surface area contributed by atoms with E-state index in [1.54, 1.807) is 0 Å². The van der Waals surface area contributed by atoms with Gasteiger partial charge in [-0.25, -0.2) is 0 Å². The van der Waals surface area contributed by atoms with E-state index in [0.29, 0.717) is 0 Å². The molecular formula is C5H10O4. The molecule has 0 aromatic heterocycles. The van der Waals surface area contributed by atoms with Crippen LogP contribution < -0.4 is 0 Å². The lowest BCUT2D eigenvalue weighted by atomic mass is 10.7. The molecule has 0 spiro atoms. The minimum Gasteiger partial charge on any atom is -0.460 e. The number of carbonyl (C=O) groups excluding carboxylic acids is 1. The van der Waals surface area contributed by atoms with Crippen molar-refractivity contribution >= 4 is 5.97 Å². The van der Waals surface area contributed by atoms with Gasteiger partial charge in [-0.15, -0.1) is 0 Å². The molecule has 54 valence electrons. The summed E-state index contributed by atoms with van der Waals surface area (Å²) in [7, 11) is 1.33. The first-order valence-corrected chi connectivity index (χ1v) is 2.51. The number of aliphatic hydroxyl groups is 1. The van der Waals surface area contributed by atoms with Crippen LogP contribution in [0.2, 0.25) is 0 Å². The first kappa shape index (κ1) is 8.39. The van der Waals surface area contributed by atoms with E-state index in [1.807, 2.05) is 0 Å². The molecule has 4 nitrogen and oxygen atoms in total. The molecule has 1 unspecified atom stereocenters. The lowest BCUT2D eigenvalue weighted by Gasteiger charge is -2.06. The Hall–Kier alpha value is -0.610. The van der Waals surface area contributed by atoms with Crippen LogP contribution >= 0.6 is 0 Å². The second-order valence-electron chi connectivity index (χ2n) is 1.49. The number of aliphatic hydroxyl groups excluding tert-OH is 1. The average Bonchev–Trinajstić information content (AvgIpc) is 1.83. The van der Waals surface area contributed by atoms with Crippen LogP contribution in [0.15, 0.2) is 0 Å². The molecule has 0 heterocycles. The maximum absolute atomic E-state index is 10.1. The largest absolute Gasteiger partial charge is 0.460 e. The molecule has 0 aliphatic heterocycles. The minimum absolute atomic E-state index is 0.105. The highest BCUT2D eigenvalue weighted by Crippen LogP contribution is 1.84. The van der Waals surface area contributed by atoms with Crippen molar-refractivity contribution in [3.8, 4) is 0 Å². The van der Waals surface area contributed by atoms with Gasteiger partial charge in [0.2, 0.25) is 0 Å². The van der Waals surface area contributed by atoms with E-state index >= 15 is 0 Å². The highest BCUT2D eigenvalue weighted by Gasteiger charge is 2.01. The number of hydrogen-bond acceptors (Lipinski definition) is 4. The zero-order valence-electron chi connectivity index (χ0n) is 5.46. The highest BCUT2D eigenvalue weighted by molar-refractivity contribution is 5.65. The smallest absolute Gasteiger partial charge is 0.302 e. The summed E-state index contributed by atoms with van der Waals surface area (Å²) in [4.78, 5) is 10.1. The standard InChI is InChI=1S/C5H10O4/c1-4(6)9-3-5(7)8-2/h5,7H,3H2,1-2H3. The van der Waals surface area contributed by atoms with E-state index < -0.39 is 12.3 Å². The third-order valence-electron chi connectivity index (χ3n) is 0.701. The summed E-state index contributed by atoms with van der Waals surface area (Å²) in [6, 6.07) is 0. The molecule has 9 heavy (non-hydrogen) atoms. The summed E-state index contributed by atoms with van der Waals surface area (Å²) in [5.74, 6) is -0.425. The van der Waals surface area contributed by atoms with Gasteiger partial charge >= 0.3 is 5.97 Å². The maximum Gasteiger partial charge on any atom is 0.302 e.